The highest BCUT2D eigenvalue weighted by atomic mass is 16.4. The number of nitrogens with zero attached hydrogens (tertiary/aromatic N) is 2. The van der Waals surface area contributed by atoms with E-state index >= 15 is 0 Å². The fourth-order valence-corrected chi connectivity index (χ4v) is 3.38. The number of hydrogen-bond donors (Lipinski definition) is 1. The Morgan fingerprint density at radius 3 is 2.41 bits per heavy atom. The third kappa shape index (κ3) is 2.76. The molecule has 2 atom stereocenters. The third-order valence-electron chi connectivity index (χ3n) is 4.91. The number of carboxylic acids is 1. The van der Waals surface area contributed by atoms with Crippen molar-refractivity contribution >= 4 is 11.9 Å². The monoisotopic (exact) mass is 304 g/mol. The standard InChI is InChI=1S/C17H24N2O3/c1-17(2,3)19-7-6-12(8-19)15(20)18-9-13(11-4-5-11)14(10-18)16(21)22/h6-8,11,13-14H,4-5,9-10H2,1-3H3,(H,21,22)/t13-,14+/m0/s1. The number of carbonyl (C=O) groups is 2. The highest BCUT2D eigenvalue weighted by Gasteiger charge is 2.47. The molecule has 5 nitrogen and oxygen atoms in total. The molecule has 1 aliphatic carbocycles. The Labute approximate surface area is 130 Å². The van der Waals surface area contributed by atoms with E-state index in [0.717, 1.165) is 12.8 Å². The average molecular weight is 304 g/mol. The first-order valence-corrected chi connectivity index (χ1v) is 7.98. The summed E-state index contributed by atoms with van der Waals surface area (Å²) in [6.45, 7) is 7.18. The van der Waals surface area contributed by atoms with Crippen LogP contribution in [-0.2, 0) is 10.3 Å². The minimum Gasteiger partial charge on any atom is -0.481 e. The van der Waals surface area contributed by atoms with E-state index in [-0.39, 0.29) is 17.4 Å². The molecule has 22 heavy (non-hydrogen) atoms. The van der Waals surface area contributed by atoms with Crippen LogP contribution in [0, 0.1) is 17.8 Å². The number of aliphatic carboxylic acids is 1. The summed E-state index contributed by atoms with van der Waals surface area (Å²) in [6.07, 6.45) is 5.99. The van der Waals surface area contributed by atoms with Crippen molar-refractivity contribution in [2.24, 2.45) is 17.8 Å². The second-order valence-electron chi connectivity index (χ2n) is 7.63. The minimum absolute atomic E-state index is 0.0441. The molecule has 0 radical (unpaired) electrons. The molecular formula is C17H24N2O3. The normalized spacial score (nSPS) is 25.5. The lowest BCUT2D eigenvalue weighted by Crippen LogP contribution is -2.30. The number of hydrogen-bond acceptors (Lipinski definition) is 2. The van der Waals surface area contributed by atoms with Crippen molar-refractivity contribution in [2.45, 2.75) is 39.2 Å². The van der Waals surface area contributed by atoms with Crippen molar-refractivity contribution in [1.82, 2.24) is 9.47 Å². The Morgan fingerprint density at radius 2 is 1.91 bits per heavy atom. The molecule has 0 bridgehead atoms. The van der Waals surface area contributed by atoms with E-state index in [1.807, 2.05) is 23.0 Å². The molecule has 0 spiro atoms. The van der Waals surface area contributed by atoms with Crippen LogP contribution in [0.15, 0.2) is 18.5 Å². The lowest BCUT2D eigenvalue weighted by Gasteiger charge is -2.21. The number of rotatable bonds is 3. The highest BCUT2D eigenvalue weighted by Crippen LogP contribution is 2.44. The predicted octanol–water partition coefficient (Wildman–Crippen LogP) is 2.43. The molecule has 120 valence electrons. The van der Waals surface area contributed by atoms with Gasteiger partial charge in [-0.3, -0.25) is 9.59 Å². The van der Waals surface area contributed by atoms with Gasteiger partial charge in [-0.15, -0.1) is 0 Å². The zero-order valence-electron chi connectivity index (χ0n) is 13.5. The molecule has 1 amide bonds. The van der Waals surface area contributed by atoms with Crippen LogP contribution in [0.1, 0.15) is 44.0 Å². The van der Waals surface area contributed by atoms with E-state index < -0.39 is 11.9 Å². The van der Waals surface area contributed by atoms with Crippen molar-refractivity contribution in [1.29, 1.82) is 0 Å². The molecule has 1 aromatic rings. The van der Waals surface area contributed by atoms with Gasteiger partial charge in [0.15, 0.2) is 0 Å². The lowest BCUT2D eigenvalue weighted by molar-refractivity contribution is -0.142. The zero-order chi connectivity index (χ0) is 16.1. The van der Waals surface area contributed by atoms with E-state index in [1.54, 1.807) is 4.90 Å². The van der Waals surface area contributed by atoms with Crippen LogP contribution >= 0.6 is 0 Å². The van der Waals surface area contributed by atoms with Gasteiger partial charge in [-0.1, -0.05) is 0 Å². The van der Waals surface area contributed by atoms with E-state index in [2.05, 4.69) is 20.8 Å². The first-order valence-electron chi connectivity index (χ1n) is 7.98. The van der Waals surface area contributed by atoms with Crippen LogP contribution in [0.25, 0.3) is 0 Å². The number of carbonyl (C=O) groups excluding carboxylic acids is 1. The van der Waals surface area contributed by atoms with Gasteiger partial charge in [0.25, 0.3) is 5.91 Å². The minimum atomic E-state index is -0.764. The highest BCUT2D eigenvalue weighted by molar-refractivity contribution is 5.94. The van der Waals surface area contributed by atoms with Gasteiger partial charge in [0, 0.05) is 31.0 Å². The zero-order valence-corrected chi connectivity index (χ0v) is 13.5. The third-order valence-corrected chi connectivity index (χ3v) is 4.91. The second-order valence-corrected chi connectivity index (χ2v) is 7.63. The maximum Gasteiger partial charge on any atom is 0.308 e. The maximum atomic E-state index is 12.7. The summed E-state index contributed by atoms with van der Waals surface area (Å²) in [5.41, 5.74) is 0.583. The van der Waals surface area contributed by atoms with Crippen LogP contribution in [0.3, 0.4) is 0 Å². The molecule has 0 unspecified atom stereocenters. The first kappa shape index (κ1) is 15.1. The summed E-state index contributed by atoms with van der Waals surface area (Å²) in [5.74, 6) is -0.581. The van der Waals surface area contributed by atoms with E-state index in [4.69, 9.17) is 0 Å². The van der Waals surface area contributed by atoms with Crippen LogP contribution in [0.2, 0.25) is 0 Å². The molecule has 1 saturated heterocycles. The number of aromatic nitrogens is 1. The SMILES string of the molecule is CC(C)(C)n1ccc(C(=O)N2C[C@@H](C(=O)O)[C@H](C3CC3)C2)c1. The van der Waals surface area contributed by atoms with Gasteiger partial charge in [0.1, 0.15) is 0 Å². The molecule has 1 saturated carbocycles. The molecule has 2 heterocycles. The summed E-state index contributed by atoms with van der Waals surface area (Å²) in [5, 5.41) is 9.40. The van der Waals surface area contributed by atoms with E-state index in [9.17, 15) is 14.7 Å². The summed E-state index contributed by atoms with van der Waals surface area (Å²) < 4.78 is 2.02. The fraction of sp³-hybridized carbons (Fsp3) is 0.647. The molecule has 1 aromatic heterocycles. The Hall–Kier alpha value is -1.78. The summed E-state index contributed by atoms with van der Waals surface area (Å²) in [4.78, 5) is 25.8. The topological polar surface area (TPSA) is 62.5 Å². The Kier molecular flexibility index (Phi) is 3.54. The average Bonchev–Trinajstić information content (AvgIpc) is 3.00. The second kappa shape index (κ2) is 5.14. The van der Waals surface area contributed by atoms with Crippen molar-refractivity contribution in [3.8, 4) is 0 Å². The molecule has 2 fully saturated rings. The summed E-state index contributed by atoms with van der Waals surface area (Å²) in [6, 6.07) is 1.83. The van der Waals surface area contributed by atoms with Gasteiger partial charge < -0.3 is 14.6 Å². The predicted molar refractivity (Wildman–Crippen MR) is 82.7 cm³/mol. The number of carboxylic acid groups (broad SMARTS) is 1. The lowest BCUT2D eigenvalue weighted by atomic mass is 9.92. The smallest absolute Gasteiger partial charge is 0.308 e. The largest absolute Gasteiger partial charge is 0.481 e. The molecule has 2 aliphatic rings. The summed E-state index contributed by atoms with van der Waals surface area (Å²) in [7, 11) is 0. The van der Waals surface area contributed by atoms with Crippen LogP contribution < -0.4 is 0 Å². The fourth-order valence-electron chi connectivity index (χ4n) is 3.38. The molecule has 1 N–H and O–H groups in total. The molecule has 3 rings (SSSR count). The van der Waals surface area contributed by atoms with Crippen molar-refractivity contribution < 1.29 is 14.7 Å². The Bertz CT molecular complexity index is 595. The Morgan fingerprint density at radius 1 is 1.23 bits per heavy atom. The van der Waals surface area contributed by atoms with Crippen molar-refractivity contribution in [2.75, 3.05) is 13.1 Å². The molecule has 0 aromatic carbocycles. The van der Waals surface area contributed by atoms with Crippen LogP contribution in [0.5, 0.6) is 0 Å². The van der Waals surface area contributed by atoms with E-state index in [0.29, 0.717) is 24.6 Å². The molecule has 1 aliphatic heterocycles. The quantitative estimate of drug-likeness (QED) is 0.933. The van der Waals surface area contributed by atoms with Gasteiger partial charge in [-0.25, -0.2) is 0 Å². The number of likely N-dealkylation sites (tertiary alicyclic amines) is 1. The van der Waals surface area contributed by atoms with E-state index in [1.165, 1.54) is 0 Å². The molecular weight excluding hydrogens is 280 g/mol. The van der Waals surface area contributed by atoms with Crippen LogP contribution in [-0.4, -0.2) is 39.5 Å². The maximum absolute atomic E-state index is 12.7. The molecule has 5 heteroatoms. The Balaban J connectivity index is 1.75. The van der Waals surface area contributed by atoms with Crippen molar-refractivity contribution in [3.05, 3.63) is 24.0 Å². The van der Waals surface area contributed by atoms with Crippen molar-refractivity contribution in [3.63, 3.8) is 0 Å². The number of amides is 1. The van der Waals surface area contributed by atoms with Crippen LogP contribution in [0.4, 0.5) is 0 Å². The summed E-state index contributed by atoms with van der Waals surface area (Å²) >= 11 is 0. The van der Waals surface area contributed by atoms with Gasteiger partial charge in [-0.2, -0.15) is 0 Å². The van der Waals surface area contributed by atoms with Gasteiger partial charge in [-0.05, 0) is 51.5 Å². The van der Waals surface area contributed by atoms with Gasteiger partial charge >= 0.3 is 5.97 Å². The van der Waals surface area contributed by atoms with Gasteiger partial charge in [0.05, 0.1) is 11.5 Å². The first-order chi connectivity index (χ1) is 10.3. The van der Waals surface area contributed by atoms with Gasteiger partial charge in [0.2, 0.25) is 0 Å².